The lowest BCUT2D eigenvalue weighted by Gasteiger charge is -2.00. The van der Waals surface area contributed by atoms with E-state index in [9.17, 15) is 4.79 Å². The molecule has 0 aliphatic carbocycles. The molecular weight excluding hydrogens is 176 g/mol. The van der Waals surface area contributed by atoms with Gasteiger partial charge in [-0.1, -0.05) is 23.8 Å². The van der Waals surface area contributed by atoms with Crippen LogP contribution in [0.5, 0.6) is 0 Å². The van der Waals surface area contributed by atoms with Crippen LogP contribution in [0.4, 0.5) is 0 Å². The smallest absolute Gasteiger partial charge is 0.330 e. The van der Waals surface area contributed by atoms with E-state index >= 15 is 0 Å². The van der Waals surface area contributed by atoms with Gasteiger partial charge in [-0.05, 0) is 31.1 Å². The van der Waals surface area contributed by atoms with E-state index in [0.29, 0.717) is 0 Å². The predicted molar refractivity (Wildman–Crippen MR) is 57.0 cm³/mol. The van der Waals surface area contributed by atoms with Crippen LogP contribution in [0.2, 0.25) is 0 Å². The summed E-state index contributed by atoms with van der Waals surface area (Å²) in [4.78, 5) is 10.9. The highest BCUT2D eigenvalue weighted by Crippen LogP contribution is 2.11. The minimum absolute atomic E-state index is 0.329. The fourth-order valence-corrected chi connectivity index (χ4v) is 1.24. The largest absolute Gasteiger partial charge is 0.466 e. The Kier molecular flexibility index (Phi) is 3.46. The zero-order valence-corrected chi connectivity index (χ0v) is 8.70. The highest BCUT2D eigenvalue weighted by Gasteiger charge is 1.96. The normalized spacial score (nSPS) is 10.5. The number of rotatable bonds is 2. The van der Waals surface area contributed by atoms with Crippen LogP contribution in [0.15, 0.2) is 24.3 Å². The highest BCUT2D eigenvalue weighted by molar-refractivity contribution is 5.87. The van der Waals surface area contributed by atoms with Crippen LogP contribution >= 0.6 is 0 Å². The van der Waals surface area contributed by atoms with Crippen LogP contribution in [-0.2, 0) is 9.53 Å². The maximum Gasteiger partial charge on any atom is 0.330 e. The average Bonchev–Trinajstić information content (AvgIpc) is 2.16. The summed E-state index contributed by atoms with van der Waals surface area (Å²) in [6.07, 6.45) is 3.19. The molecule has 0 heterocycles. The van der Waals surface area contributed by atoms with Crippen LogP contribution in [0.3, 0.4) is 0 Å². The van der Waals surface area contributed by atoms with Crippen molar-refractivity contribution in [3.8, 4) is 0 Å². The third-order valence-electron chi connectivity index (χ3n) is 2.03. The Morgan fingerprint density at radius 2 is 2.07 bits per heavy atom. The van der Waals surface area contributed by atoms with Gasteiger partial charge in [0.25, 0.3) is 0 Å². The second-order valence-corrected chi connectivity index (χ2v) is 3.22. The van der Waals surface area contributed by atoms with E-state index < -0.39 is 0 Å². The molecule has 0 radical (unpaired) electrons. The minimum atomic E-state index is -0.329. The number of hydrogen-bond donors (Lipinski definition) is 0. The number of carbonyl (C=O) groups is 1. The van der Waals surface area contributed by atoms with Crippen molar-refractivity contribution in [2.24, 2.45) is 0 Å². The monoisotopic (exact) mass is 190 g/mol. The molecule has 2 nitrogen and oxygen atoms in total. The van der Waals surface area contributed by atoms with Crippen LogP contribution in [0, 0.1) is 13.8 Å². The second-order valence-electron chi connectivity index (χ2n) is 3.22. The lowest BCUT2D eigenvalue weighted by molar-refractivity contribution is -0.134. The third-order valence-corrected chi connectivity index (χ3v) is 2.03. The van der Waals surface area contributed by atoms with Gasteiger partial charge < -0.3 is 4.74 Å². The Balaban J connectivity index is 2.87. The number of methoxy groups -OCH3 is 1. The van der Waals surface area contributed by atoms with E-state index in [1.807, 2.05) is 26.0 Å². The lowest BCUT2D eigenvalue weighted by atomic mass is 10.1. The van der Waals surface area contributed by atoms with Gasteiger partial charge in [-0.3, -0.25) is 0 Å². The van der Waals surface area contributed by atoms with E-state index in [1.165, 1.54) is 18.7 Å². The number of hydrogen-bond acceptors (Lipinski definition) is 2. The average molecular weight is 190 g/mol. The van der Waals surface area contributed by atoms with Gasteiger partial charge in [0.15, 0.2) is 0 Å². The zero-order valence-electron chi connectivity index (χ0n) is 8.70. The molecule has 1 aromatic carbocycles. The summed E-state index contributed by atoms with van der Waals surface area (Å²) in [6, 6.07) is 6.09. The van der Waals surface area contributed by atoms with Crippen molar-refractivity contribution in [1.29, 1.82) is 0 Å². The van der Waals surface area contributed by atoms with Crippen molar-refractivity contribution in [1.82, 2.24) is 0 Å². The SMILES string of the molecule is COC(=O)C=Cc1ccc(C)cc1C. The zero-order chi connectivity index (χ0) is 10.6. The molecule has 0 fully saturated rings. The molecule has 0 unspecified atom stereocenters. The quantitative estimate of drug-likeness (QED) is 0.529. The van der Waals surface area contributed by atoms with E-state index in [0.717, 1.165) is 11.1 Å². The summed E-state index contributed by atoms with van der Waals surface area (Å²) in [5.74, 6) is -0.329. The molecule has 0 aliphatic heterocycles. The van der Waals surface area contributed by atoms with Gasteiger partial charge in [-0.15, -0.1) is 0 Å². The van der Waals surface area contributed by atoms with E-state index in [1.54, 1.807) is 6.08 Å². The molecule has 0 spiro atoms. The fourth-order valence-electron chi connectivity index (χ4n) is 1.24. The molecule has 74 valence electrons. The van der Waals surface area contributed by atoms with Crippen LogP contribution < -0.4 is 0 Å². The molecule has 0 N–H and O–H groups in total. The van der Waals surface area contributed by atoms with Crippen LogP contribution in [0.25, 0.3) is 6.08 Å². The highest BCUT2D eigenvalue weighted by atomic mass is 16.5. The summed E-state index contributed by atoms with van der Waals surface area (Å²) in [5, 5.41) is 0. The molecule has 1 aromatic rings. The van der Waals surface area contributed by atoms with Gasteiger partial charge in [0.05, 0.1) is 7.11 Å². The summed E-state index contributed by atoms with van der Waals surface area (Å²) in [6.45, 7) is 4.06. The molecule has 0 aromatic heterocycles. The predicted octanol–water partition coefficient (Wildman–Crippen LogP) is 2.49. The minimum Gasteiger partial charge on any atom is -0.466 e. The Morgan fingerprint density at radius 3 is 2.64 bits per heavy atom. The van der Waals surface area contributed by atoms with Gasteiger partial charge in [0.1, 0.15) is 0 Å². The Morgan fingerprint density at radius 1 is 1.36 bits per heavy atom. The Bertz CT molecular complexity index is 365. The fraction of sp³-hybridized carbons (Fsp3) is 0.250. The van der Waals surface area contributed by atoms with E-state index in [2.05, 4.69) is 10.8 Å². The van der Waals surface area contributed by atoms with Gasteiger partial charge in [0, 0.05) is 6.08 Å². The van der Waals surface area contributed by atoms with Crippen molar-refractivity contribution in [3.63, 3.8) is 0 Å². The van der Waals surface area contributed by atoms with Crippen molar-refractivity contribution in [2.75, 3.05) is 7.11 Å². The first-order valence-electron chi connectivity index (χ1n) is 4.47. The molecule has 0 saturated heterocycles. The van der Waals surface area contributed by atoms with Crippen LogP contribution in [0.1, 0.15) is 16.7 Å². The first kappa shape index (κ1) is 10.5. The molecule has 14 heavy (non-hydrogen) atoms. The maximum absolute atomic E-state index is 10.9. The van der Waals surface area contributed by atoms with Gasteiger partial charge in [-0.2, -0.15) is 0 Å². The van der Waals surface area contributed by atoms with Crippen molar-refractivity contribution in [2.45, 2.75) is 13.8 Å². The maximum atomic E-state index is 10.9. The molecule has 0 atom stereocenters. The molecule has 0 amide bonds. The number of benzene rings is 1. The first-order valence-corrected chi connectivity index (χ1v) is 4.47. The summed E-state index contributed by atoms with van der Waals surface area (Å²) in [5.41, 5.74) is 3.42. The second kappa shape index (κ2) is 4.61. The lowest BCUT2D eigenvalue weighted by Crippen LogP contribution is -1.93. The number of esters is 1. The Hall–Kier alpha value is -1.57. The van der Waals surface area contributed by atoms with E-state index in [-0.39, 0.29) is 5.97 Å². The molecule has 1 rings (SSSR count). The number of ether oxygens (including phenoxy) is 1. The third kappa shape index (κ3) is 2.73. The topological polar surface area (TPSA) is 26.3 Å². The van der Waals surface area contributed by atoms with Crippen molar-refractivity contribution < 1.29 is 9.53 Å². The molecule has 0 saturated carbocycles. The summed E-state index contributed by atoms with van der Waals surface area (Å²) >= 11 is 0. The molecule has 2 heteroatoms. The van der Waals surface area contributed by atoms with Gasteiger partial charge >= 0.3 is 5.97 Å². The standard InChI is InChI=1S/C12H14O2/c1-9-4-5-11(10(2)8-9)6-7-12(13)14-3/h4-8H,1-3H3. The van der Waals surface area contributed by atoms with Crippen LogP contribution in [-0.4, -0.2) is 13.1 Å². The molecule has 0 aliphatic rings. The van der Waals surface area contributed by atoms with Crippen molar-refractivity contribution >= 4 is 12.0 Å². The van der Waals surface area contributed by atoms with Crippen molar-refractivity contribution in [3.05, 3.63) is 41.0 Å². The number of carbonyl (C=O) groups excluding carboxylic acids is 1. The Labute approximate surface area is 84.2 Å². The first-order chi connectivity index (χ1) is 6.63. The summed E-state index contributed by atoms with van der Waals surface area (Å²) in [7, 11) is 1.37. The van der Waals surface area contributed by atoms with Gasteiger partial charge in [0.2, 0.25) is 0 Å². The summed E-state index contributed by atoms with van der Waals surface area (Å²) < 4.78 is 4.51. The molecular formula is C12H14O2. The molecule has 0 bridgehead atoms. The van der Waals surface area contributed by atoms with E-state index in [4.69, 9.17) is 0 Å². The van der Waals surface area contributed by atoms with Gasteiger partial charge in [-0.25, -0.2) is 4.79 Å². The number of aryl methyl sites for hydroxylation is 2.